The summed E-state index contributed by atoms with van der Waals surface area (Å²) in [7, 11) is -1.82. The fourth-order valence-corrected chi connectivity index (χ4v) is 4.20. The van der Waals surface area contributed by atoms with Crippen LogP contribution in [-0.2, 0) is 16.4 Å². The summed E-state index contributed by atoms with van der Waals surface area (Å²) < 4.78 is 29.1. The molecule has 0 spiro atoms. The van der Waals surface area contributed by atoms with Gasteiger partial charge in [-0.15, -0.1) is 0 Å². The van der Waals surface area contributed by atoms with Gasteiger partial charge in [0.15, 0.2) is 9.84 Å². The molecule has 24 heavy (non-hydrogen) atoms. The molecule has 130 valence electrons. The van der Waals surface area contributed by atoms with Crippen molar-refractivity contribution in [2.75, 3.05) is 26.5 Å². The minimum atomic E-state index is -3.31. The summed E-state index contributed by atoms with van der Waals surface area (Å²) in [5, 5.41) is 7.10. The van der Waals surface area contributed by atoms with Crippen LogP contribution in [0, 0.1) is 0 Å². The topological polar surface area (TPSA) is 75.3 Å². The van der Waals surface area contributed by atoms with Gasteiger partial charge in [0.05, 0.1) is 7.11 Å². The molecule has 1 N–H and O–H groups in total. The van der Waals surface area contributed by atoms with Gasteiger partial charge in [-0.2, -0.15) is 5.10 Å². The highest BCUT2D eigenvalue weighted by molar-refractivity contribution is 7.90. The minimum absolute atomic E-state index is 0.254. The van der Waals surface area contributed by atoms with E-state index in [4.69, 9.17) is 4.74 Å². The third kappa shape index (κ3) is 3.79. The van der Waals surface area contributed by atoms with Crippen molar-refractivity contribution in [3.05, 3.63) is 41.7 Å². The third-order valence-electron chi connectivity index (χ3n) is 4.50. The second-order valence-electron chi connectivity index (χ2n) is 6.34. The van der Waals surface area contributed by atoms with E-state index < -0.39 is 9.84 Å². The molecule has 0 unspecified atom stereocenters. The minimum Gasteiger partial charge on any atom is -0.495 e. The Hall–Kier alpha value is -1.86. The Balaban J connectivity index is 1.76. The standard InChI is InChI=1S/C17H23N3O3S/c1-23-16-6-5-13(10-17(16)24(2,21)22)11-20-9-3-4-14(12-20)15-7-8-18-19-15/h5-8,10,14H,3-4,9,11-12H2,1-2H3,(H,18,19)/t14-/m0/s1. The molecule has 0 bridgehead atoms. The van der Waals surface area contributed by atoms with Crippen LogP contribution < -0.4 is 4.74 Å². The molecule has 2 heterocycles. The van der Waals surface area contributed by atoms with Crippen LogP contribution in [0.25, 0.3) is 0 Å². The van der Waals surface area contributed by atoms with Crippen molar-refractivity contribution >= 4 is 9.84 Å². The van der Waals surface area contributed by atoms with Crippen molar-refractivity contribution in [2.45, 2.75) is 30.2 Å². The largest absolute Gasteiger partial charge is 0.495 e. The number of aromatic nitrogens is 2. The van der Waals surface area contributed by atoms with Gasteiger partial charge >= 0.3 is 0 Å². The van der Waals surface area contributed by atoms with Crippen molar-refractivity contribution in [3.8, 4) is 5.75 Å². The Labute approximate surface area is 142 Å². The highest BCUT2D eigenvalue weighted by atomic mass is 32.2. The Bertz CT molecular complexity index is 787. The molecular weight excluding hydrogens is 326 g/mol. The number of sulfone groups is 1. The summed E-state index contributed by atoms with van der Waals surface area (Å²) in [5.74, 6) is 0.851. The number of hydrogen-bond donors (Lipinski definition) is 1. The number of methoxy groups -OCH3 is 1. The smallest absolute Gasteiger partial charge is 0.179 e. The monoisotopic (exact) mass is 349 g/mol. The molecule has 6 nitrogen and oxygen atoms in total. The van der Waals surface area contributed by atoms with Crippen LogP contribution in [0.4, 0.5) is 0 Å². The summed E-state index contributed by atoms with van der Waals surface area (Å²) >= 11 is 0. The van der Waals surface area contributed by atoms with Crippen LogP contribution in [0.1, 0.15) is 30.0 Å². The van der Waals surface area contributed by atoms with Gasteiger partial charge in [0.1, 0.15) is 10.6 Å². The number of ether oxygens (including phenoxy) is 1. The van der Waals surface area contributed by atoms with Crippen molar-refractivity contribution in [3.63, 3.8) is 0 Å². The average molecular weight is 349 g/mol. The van der Waals surface area contributed by atoms with E-state index in [0.717, 1.165) is 38.0 Å². The molecule has 2 aromatic rings. The Morgan fingerprint density at radius 1 is 1.38 bits per heavy atom. The van der Waals surface area contributed by atoms with Crippen LogP contribution in [0.5, 0.6) is 5.75 Å². The fourth-order valence-electron chi connectivity index (χ4n) is 3.31. The summed E-state index contributed by atoms with van der Waals surface area (Å²) in [6.45, 7) is 2.70. The number of benzene rings is 1. The molecule has 1 atom stereocenters. The number of aromatic amines is 1. The van der Waals surface area contributed by atoms with Gasteiger partial charge in [-0.25, -0.2) is 8.42 Å². The van der Waals surface area contributed by atoms with Gasteiger partial charge in [0.25, 0.3) is 0 Å². The predicted molar refractivity (Wildman–Crippen MR) is 91.9 cm³/mol. The molecule has 0 amide bonds. The van der Waals surface area contributed by atoms with Crippen LogP contribution in [0.15, 0.2) is 35.4 Å². The Morgan fingerprint density at radius 2 is 2.21 bits per heavy atom. The second-order valence-corrected chi connectivity index (χ2v) is 8.33. The van der Waals surface area contributed by atoms with Gasteiger partial charge in [-0.3, -0.25) is 10.00 Å². The molecule has 1 aliphatic rings. The van der Waals surface area contributed by atoms with Crippen LogP contribution in [0.3, 0.4) is 0 Å². The molecule has 1 fully saturated rings. The van der Waals surface area contributed by atoms with Crippen molar-refractivity contribution < 1.29 is 13.2 Å². The third-order valence-corrected chi connectivity index (χ3v) is 5.62. The van der Waals surface area contributed by atoms with E-state index in [2.05, 4.69) is 15.1 Å². The molecule has 0 saturated carbocycles. The highest BCUT2D eigenvalue weighted by Gasteiger charge is 2.23. The molecule has 3 rings (SSSR count). The number of rotatable bonds is 5. The zero-order valence-electron chi connectivity index (χ0n) is 14.0. The maximum atomic E-state index is 12.0. The Morgan fingerprint density at radius 3 is 2.88 bits per heavy atom. The summed E-state index contributed by atoms with van der Waals surface area (Å²) in [6, 6.07) is 7.44. The lowest BCUT2D eigenvalue weighted by atomic mass is 9.94. The quantitative estimate of drug-likeness (QED) is 0.896. The maximum absolute atomic E-state index is 12.0. The number of hydrogen-bond acceptors (Lipinski definition) is 5. The number of likely N-dealkylation sites (tertiary alicyclic amines) is 1. The molecule has 0 aliphatic carbocycles. The van der Waals surface area contributed by atoms with Gasteiger partial charge < -0.3 is 4.74 Å². The number of nitrogens with zero attached hydrogens (tertiary/aromatic N) is 2. The van der Waals surface area contributed by atoms with Crippen molar-refractivity contribution in [1.29, 1.82) is 0 Å². The van der Waals surface area contributed by atoms with E-state index in [1.165, 1.54) is 19.1 Å². The van der Waals surface area contributed by atoms with E-state index in [-0.39, 0.29) is 4.90 Å². The van der Waals surface area contributed by atoms with Crippen LogP contribution in [0.2, 0.25) is 0 Å². The van der Waals surface area contributed by atoms with E-state index in [9.17, 15) is 8.42 Å². The van der Waals surface area contributed by atoms with Gasteiger partial charge in [0, 0.05) is 37.2 Å². The highest BCUT2D eigenvalue weighted by Crippen LogP contribution is 2.28. The van der Waals surface area contributed by atoms with Crippen molar-refractivity contribution in [2.24, 2.45) is 0 Å². The first-order valence-corrected chi connectivity index (χ1v) is 9.95. The lowest BCUT2D eigenvalue weighted by Gasteiger charge is -2.32. The first kappa shape index (κ1) is 17.0. The van der Waals surface area contributed by atoms with Gasteiger partial charge in [0.2, 0.25) is 0 Å². The molecule has 7 heteroatoms. The maximum Gasteiger partial charge on any atom is 0.179 e. The summed E-state index contributed by atoms with van der Waals surface area (Å²) in [4.78, 5) is 2.62. The molecule has 0 radical (unpaired) electrons. The zero-order chi connectivity index (χ0) is 17.2. The van der Waals surface area contributed by atoms with Gasteiger partial charge in [-0.05, 0) is 43.1 Å². The SMILES string of the molecule is COc1ccc(CN2CCC[C@H](c3ccn[nH]3)C2)cc1S(C)(=O)=O. The number of piperidine rings is 1. The van der Waals surface area contributed by atoms with Crippen LogP contribution >= 0.6 is 0 Å². The number of H-pyrrole nitrogens is 1. The lowest BCUT2D eigenvalue weighted by Crippen LogP contribution is -2.34. The average Bonchev–Trinajstić information content (AvgIpc) is 3.09. The normalized spacial score (nSPS) is 19.3. The van der Waals surface area contributed by atoms with E-state index in [1.54, 1.807) is 18.3 Å². The van der Waals surface area contributed by atoms with Crippen LogP contribution in [-0.4, -0.2) is 50.0 Å². The second kappa shape index (κ2) is 6.94. The molecule has 1 aromatic heterocycles. The summed E-state index contributed by atoms with van der Waals surface area (Å²) in [6.07, 6.45) is 5.27. The van der Waals surface area contributed by atoms with E-state index in [1.807, 2.05) is 12.1 Å². The Kier molecular flexibility index (Phi) is 4.91. The first-order chi connectivity index (χ1) is 11.5. The van der Waals surface area contributed by atoms with E-state index >= 15 is 0 Å². The molecule has 1 saturated heterocycles. The van der Waals surface area contributed by atoms with Crippen molar-refractivity contribution in [1.82, 2.24) is 15.1 Å². The predicted octanol–water partition coefficient (Wildman–Crippen LogP) is 2.20. The van der Waals surface area contributed by atoms with E-state index in [0.29, 0.717) is 11.7 Å². The first-order valence-electron chi connectivity index (χ1n) is 8.06. The van der Waals surface area contributed by atoms with Gasteiger partial charge in [-0.1, -0.05) is 6.07 Å². The molecule has 1 aromatic carbocycles. The summed E-state index contributed by atoms with van der Waals surface area (Å²) in [5.41, 5.74) is 2.16. The molecular formula is C17H23N3O3S. The number of nitrogens with one attached hydrogen (secondary N) is 1. The molecule has 1 aliphatic heterocycles. The lowest BCUT2D eigenvalue weighted by molar-refractivity contribution is 0.198. The fraction of sp³-hybridized carbons (Fsp3) is 0.471. The zero-order valence-corrected chi connectivity index (χ0v) is 14.8.